The number of hydrazine groups is 1. The normalized spacial score (nSPS) is 23.5. The number of hydrogen-bond acceptors (Lipinski definition) is 8. The van der Waals surface area contributed by atoms with Crippen LogP contribution >= 0.6 is 0 Å². The smallest absolute Gasteiger partial charge is 0.254 e. The molecular weight excluding hydrogens is 312 g/mol. The van der Waals surface area contributed by atoms with E-state index >= 15 is 0 Å². The molecule has 2 heterocycles. The summed E-state index contributed by atoms with van der Waals surface area (Å²) in [6.07, 6.45) is 1.54. The Balaban J connectivity index is 1.82. The summed E-state index contributed by atoms with van der Waals surface area (Å²) in [6, 6.07) is 5.70. The fraction of sp³-hybridized carbons (Fsp3) is 0.467. The van der Waals surface area contributed by atoms with Crippen molar-refractivity contribution in [2.45, 2.75) is 44.4 Å². The third kappa shape index (κ3) is 3.14. The van der Waals surface area contributed by atoms with Gasteiger partial charge in [0, 0.05) is 17.0 Å². The summed E-state index contributed by atoms with van der Waals surface area (Å²) in [7, 11) is 0. The fourth-order valence-electron chi connectivity index (χ4n) is 2.90. The van der Waals surface area contributed by atoms with E-state index in [0.29, 0.717) is 18.8 Å². The number of aromatic nitrogens is 2. The van der Waals surface area contributed by atoms with Crippen LogP contribution in [-0.4, -0.2) is 27.1 Å². The SMILES string of the molecule is CCCC1NNC(c2nc(-c3ccc(CN)cc3)no2)C1[N+](=O)[O-]. The minimum atomic E-state index is -0.849. The van der Waals surface area contributed by atoms with Gasteiger partial charge in [0.05, 0.1) is 6.04 Å². The molecule has 4 N–H and O–H groups in total. The first-order valence-electron chi connectivity index (χ1n) is 7.91. The van der Waals surface area contributed by atoms with E-state index in [1.54, 1.807) is 0 Å². The van der Waals surface area contributed by atoms with Gasteiger partial charge in [0.25, 0.3) is 11.9 Å². The fourth-order valence-corrected chi connectivity index (χ4v) is 2.90. The summed E-state index contributed by atoms with van der Waals surface area (Å²) in [5, 5.41) is 15.4. The Bertz CT molecular complexity index is 701. The first-order valence-corrected chi connectivity index (χ1v) is 7.91. The van der Waals surface area contributed by atoms with Crippen LogP contribution < -0.4 is 16.6 Å². The second-order valence-corrected chi connectivity index (χ2v) is 5.79. The molecule has 3 rings (SSSR count). The zero-order chi connectivity index (χ0) is 17.1. The predicted octanol–water partition coefficient (Wildman–Crippen LogP) is 1.16. The number of nitro groups is 1. The number of nitrogens with two attached hydrogens (primary N) is 1. The minimum absolute atomic E-state index is 0.209. The largest absolute Gasteiger partial charge is 0.337 e. The van der Waals surface area contributed by atoms with Crippen LogP contribution in [0.1, 0.15) is 37.3 Å². The summed E-state index contributed by atoms with van der Waals surface area (Å²) in [5.41, 5.74) is 13.2. The maximum atomic E-state index is 11.4. The molecule has 1 aromatic heterocycles. The summed E-state index contributed by atoms with van der Waals surface area (Å²) in [4.78, 5) is 15.5. The lowest BCUT2D eigenvalue weighted by Crippen LogP contribution is -2.37. The second kappa shape index (κ2) is 7.04. The van der Waals surface area contributed by atoms with Gasteiger partial charge in [-0.25, -0.2) is 10.9 Å². The van der Waals surface area contributed by atoms with Gasteiger partial charge < -0.3 is 10.3 Å². The minimum Gasteiger partial charge on any atom is -0.337 e. The van der Waals surface area contributed by atoms with E-state index < -0.39 is 12.1 Å². The molecule has 1 aliphatic rings. The molecule has 0 spiro atoms. The van der Waals surface area contributed by atoms with Gasteiger partial charge in [-0.05, 0) is 12.0 Å². The van der Waals surface area contributed by atoms with Gasteiger partial charge >= 0.3 is 0 Å². The van der Waals surface area contributed by atoms with Crippen molar-refractivity contribution in [2.75, 3.05) is 0 Å². The van der Waals surface area contributed by atoms with Crippen LogP contribution in [0, 0.1) is 10.1 Å². The highest BCUT2D eigenvalue weighted by Crippen LogP contribution is 2.27. The maximum Gasteiger partial charge on any atom is 0.254 e. The second-order valence-electron chi connectivity index (χ2n) is 5.79. The van der Waals surface area contributed by atoms with Crippen molar-refractivity contribution in [1.82, 2.24) is 21.0 Å². The van der Waals surface area contributed by atoms with Crippen molar-refractivity contribution in [3.8, 4) is 11.4 Å². The summed E-state index contributed by atoms with van der Waals surface area (Å²) >= 11 is 0. The maximum absolute atomic E-state index is 11.4. The molecule has 9 heteroatoms. The van der Waals surface area contributed by atoms with Crippen LogP contribution in [-0.2, 0) is 6.54 Å². The highest BCUT2D eigenvalue weighted by Gasteiger charge is 2.48. The van der Waals surface area contributed by atoms with E-state index in [1.807, 2.05) is 31.2 Å². The van der Waals surface area contributed by atoms with Crippen LogP contribution in [0.15, 0.2) is 28.8 Å². The van der Waals surface area contributed by atoms with Crippen LogP contribution in [0.5, 0.6) is 0 Å². The zero-order valence-electron chi connectivity index (χ0n) is 13.3. The number of hydrogen-bond donors (Lipinski definition) is 3. The van der Waals surface area contributed by atoms with Crippen molar-refractivity contribution in [3.05, 3.63) is 45.8 Å². The topological polar surface area (TPSA) is 132 Å². The molecule has 2 aromatic rings. The third-order valence-corrected chi connectivity index (χ3v) is 4.18. The molecule has 0 radical (unpaired) electrons. The number of nitrogens with one attached hydrogen (secondary N) is 2. The lowest BCUT2D eigenvalue weighted by molar-refractivity contribution is -0.527. The molecule has 1 fully saturated rings. The highest BCUT2D eigenvalue weighted by atomic mass is 16.6. The van der Waals surface area contributed by atoms with Crippen molar-refractivity contribution in [2.24, 2.45) is 5.73 Å². The summed E-state index contributed by atoms with van der Waals surface area (Å²) < 4.78 is 5.27. The Kier molecular flexibility index (Phi) is 4.84. The third-order valence-electron chi connectivity index (χ3n) is 4.18. The van der Waals surface area contributed by atoms with Gasteiger partial charge in [-0.2, -0.15) is 4.98 Å². The monoisotopic (exact) mass is 332 g/mol. The molecule has 3 atom stereocenters. The van der Waals surface area contributed by atoms with Crippen molar-refractivity contribution in [3.63, 3.8) is 0 Å². The molecule has 0 bridgehead atoms. The molecule has 1 saturated heterocycles. The highest BCUT2D eigenvalue weighted by molar-refractivity contribution is 5.54. The Morgan fingerprint density at radius 3 is 2.71 bits per heavy atom. The summed E-state index contributed by atoms with van der Waals surface area (Å²) in [6.45, 7) is 2.45. The van der Waals surface area contributed by atoms with Gasteiger partial charge in [0.2, 0.25) is 5.82 Å². The van der Waals surface area contributed by atoms with E-state index in [4.69, 9.17) is 10.3 Å². The zero-order valence-corrected chi connectivity index (χ0v) is 13.3. The number of nitrogens with zero attached hydrogens (tertiary/aromatic N) is 3. The average molecular weight is 332 g/mol. The van der Waals surface area contributed by atoms with E-state index in [0.717, 1.165) is 17.5 Å². The number of benzene rings is 1. The van der Waals surface area contributed by atoms with Crippen LogP contribution in [0.2, 0.25) is 0 Å². The molecule has 3 unspecified atom stereocenters. The first-order chi connectivity index (χ1) is 11.6. The standard InChI is InChI=1S/C15H20N6O3/c1-2-3-11-13(21(22)23)12(19-18-11)15-17-14(20-24-15)10-6-4-9(8-16)5-7-10/h4-7,11-13,18-19H,2-3,8,16H2,1H3. The lowest BCUT2D eigenvalue weighted by Gasteiger charge is -2.12. The Hall–Kier alpha value is -2.36. The Labute approximate surface area is 138 Å². The molecule has 1 aliphatic heterocycles. The predicted molar refractivity (Wildman–Crippen MR) is 86.1 cm³/mol. The van der Waals surface area contributed by atoms with Crippen LogP contribution in [0.4, 0.5) is 0 Å². The summed E-state index contributed by atoms with van der Waals surface area (Å²) in [5.74, 6) is 0.608. The van der Waals surface area contributed by atoms with Crippen molar-refractivity contribution < 1.29 is 9.45 Å². The van der Waals surface area contributed by atoms with Gasteiger partial charge in [0.15, 0.2) is 6.04 Å². The lowest BCUT2D eigenvalue weighted by atomic mass is 10.00. The average Bonchev–Trinajstić information content (AvgIpc) is 3.22. The molecule has 1 aromatic carbocycles. The molecular formula is C15H20N6O3. The van der Waals surface area contributed by atoms with E-state index in [-0.39, 0.29) is 16.9 Å². The van der Waals surface area contributed by atoms with E-state index in [2.05, 4.69) is 21.0 Å². The Morgan fingerprint density at radius 1 is 1.33 bits per heavy atom. The first kappa shape index (κ1) is 16.5. The molecule has 9 nitrogen and oxygen atoms in total. The van der Waals surface area contributed by atoms with Gasteiger partial charge in [-0.15, -0.1) is 0 Å². The van der Waals surface area contributed by atoms with Crippen molar-refractivity contribution >= 4 is 0 Å². The van der Waals surface area contributed by atoms with Crippen LogP contribution in [0.3, 0.4) is 0 Å². The molecule has 128 valence electrons. The molecule has 24 heavy (non-hydrogen) atoms. The quantitative estimate of drug-likeness (QED) is 0.530. The number of rotatable bonds is 6. The van der Waals surface area contributed by atoms with Gasteiger partial charge in [-0.1, -0.05) is 42.8 Å². The molecule has 0 saturated carbocycles. The molecule has 0 aliphatic carbocycles. The van der Waals surface area contributed by atoms with Crippen molar-refractivity contribution in [1.29, 1.82) is 0 Å². The van der Waals surface area contributed by atoms with Crippen LogP contribution in [0.25, 0.3) is 11.4 Å². The van der Waals surface area contributed by atoms with E-state index in [1.165, 1.54) is 0 Å². The molecule has 0 amide bonds. The van der Waals surface area contributed by atoms with Gasteiger partial charge in [0.1, 0.15) is 0 Å². The van der Waals surface area contributed by atoms with E-state index in [9.17, 15) is 10.1 Å². The Morgan fingerprint density at radius 2 is 2.08 bits per heavy atom. The van der Waals surface area contributed by atoms with Gasteiger partial charge in [-0.3, -0.25) is 10.1 Å².